The van der Waals surface area contributed by atoms with Crippen molar-refractivity contribution in [3.05, 3.63) is 0 Å². The zero-order valence-electron chi connectivity index (χ0n) is 16.2. The Morgan fingerprint density at radius 2 is 1.79 bits per heavy atom. The molecule has 1 saturated carbocycles. The van der Waals surface area contributed by atoms with Gasteiger partial charge in [-0.1, -0.05) is 13.8 Å². The van der Waals surface area contributed by atoms with Crippen LogP contribution in [0.15, 0.2) is 4.99 Å². The Morgan fingerprint density at radius 1 is 1.12 bits per heavy atom. The molecule has 24 heavy (non-hydrogen) atoms. The van der Waals surface area contributed by atoms with E-state index in [0.717, 1.165) is 37.4 Å². The van der Waals surface area contributed by atoms with Gasteiger partial charge in [0.05, 0.1) is 0 Å². The van der Waals surface area contributed by atoms with E-state index in [1.165, 1.54) is 32.2 Å². The Balaban J connectivity index is 0.00000288. The summed E-state index contributed by atoms with van der Waals surface area (Å²) in [6.07, 6.45) is 5.25. The first kappa shape index (κ1) is 22.0. The Kier molecular flexibility index (Phi) is 9.89. The van der Waals surface area contributed by atoms with Crippen LogP contribution in [0.3, 0.4) is 0 Å². The van der Waals surface area contributed by atoms with Crippen LogP contribution < -0.4 is 10.6 Å². The standard InChI is InChI=1S/C18H37N5.HI/c1-14(2)15-6-8-16(9-7-15)21-18(19-3)20-12-17-13-22(4)10-11-23(17)5;/h14-17H,6-13H2,1-5H3,(H2,19,20,21);1H. The normalized spacial score (nSPS) is 30.1. The minimum absolute atomic E-state index is 0. The first-order chi connectivity index (χ1) is 11.0. The second-order valence-corrected chi connectivity index (χ2v) is 7.85. The monoisotopic (exact) mass is 451 g/mol. The SMILES string of the molecule is CN=C(NCC1CN(C)CCN1C)NC1CCC(C(C)C)CC1.I. The van der Waals surface area contributed by atoms with Gasteiger partial charge >= 0.3 is 0 Å². The number of hydrogen-bond acceptors (Lipinski definition) is 3. The Labute approximate surface area is 166 Å². The van der Waals surface area contributed by atoms with Crippen LogP contribution >= 0.6 is 24.0 Å². The van der Waals surface area contributed by atoms with E-state index in [1.807, 2.05) is 7.05 Å². The molecule has 0 aromatic heterocycles. The summed E-state index contributed by atoms with van der Waals surface area (Å²) in [6, 6.07) is 1.15. The maximum absolute atomic E-state index is 4.43. The zero-order valence-corrected chi connectivity index (χ0v) is 18.5. The van der Waals surface area contributed by atoms with Crippen molar-refractivity contribution in [3.63, 3.8) is 0 Å². The Hall–Kier alpha value is -0.0800. The van der Waals surface area contributed by atoms with Gasteiger partial charge in [0.2, 0.25) is 0 Å². The van der Waals surface area contributed by atoms with Crippen molar-refractivity contribution in [1.29, 1.82) is 0 Å². The van der Waals surface area contributed by atoms with E-state index < -0.39 is 0 Å². The van der Waals surface area contributed by atoms with Gasteiger partial charge in [0, 0.05) is 45.3 Å². The Morgan fingerprint density at radius 3 is 2.38 bits per heavy atom. The molecular formula is C18H38IN5. The molecule has 1 heterocycles. The molecule has 1 aliphatic heterocycles. The van der Waals surface area contributed by atoms with E-state index in [1.54, 1.807) is 0 Å². The molecular weight excluding hydrogens is 413 g/mol. The van der Waals surface area contributed by atoms with Gasteiger partial charge in [-0.05, 0) is 51.6 Å². The molecule has 6 heteroatoms. The Bertz CT molecular complexity index is 380. The molecule has 2 N–H and O–H groups in total. The summed E-state index contributed by atoms with van der Waals surface area (Å²) in [5, 5.41) is 7.18. The molecule has 5 nitrogen and oxygen atoms in total. The second kappa shape index (κ2) is 10.8. The van der Waals surface area contributed by atoms with Crippen LogP contribution in [0.4, 0.5) is 0 Å². The van der Waals surface area contributed by atoms with Crippen LogP contribution in [0.1, 0.15) is 39.5 Å². The highest BCUT2D eigenvalue weighted by Crippen LogP contribution is 2.29. The quantitative estimate of drug-likeness (QED) is 0.391. The minimum Gasteiger partial charge on any atom is -0.355 e. The lowest BCUT2D eigenvalue weighted by molar-refractivity contribution is 0.116. The molecule has 0 bridgehead atoms. The van der Waals surface area contributed by atoms with Crippen molar-refractivity contribution < 1.29 is 0 Å². The van der Waals surface area contributed by atoms with Crippen LogP contribution in [0.2, 0.25) is 0 Å². The fraction of sp³-hybridized carbons (Fsp3) is 0.944. The van der Waals surface area contributed by atoms with Gasteiger partial charge in [-0.25, -0.2) is 0 Å². The average molecular weight is 451 g/mol. The number of halogens is 1. The summed E-state index contributed by atoms with van der Waals surface area (Å²) in [7, 11) is 6.31. The smallest absolute Gasteiger partial charge is 0.191 e. The van der Waals surface area contributed by atoms with Gasteiger partial charge < -0.3 is 15.5 Å². The lowest BCUT2D eigenvalue weighted by atomic mass is 9.80. The first-order valence-electron chi connectivity index (χ1n) is 9.35. The van der Waals surface area contributed by atoms with Gasteiger partial charge in [0.1, 0.15) is 0 Å². The predicted molar refractivity (Wildman–Crippen MR) is 114 cm³/mol. The van der Waals surface area contributed by atoms with Crippen molar-refractivity contribution in [2.24, 2.45) is 16.8 Å². The molecule has 0 aromatic carbocycles. The molecule has 0 radical (unpaired) electrons. The minimum atomic E-state index is 0. The van der Waals surface area contributed by atoms with Crippen LogP contribution in [0.5, 0.6) is 0 Å². The number of piperazine rings is 1. The fourth-order valence-corrected chi connectivity index (χ4v) is 3.85. The highest BCUT2D eigenvalue weighted by molar-refractivity contribution is 14.0. The molecule has 0 spiro atoms. The van der Waals surface area contributed by atoms with Crippen LogP contribution in [-0.2, 0) is 0 Å². The van der Waals surface area contributed by atoms with Crippen molar-refractivity contribution in [2.75, 3.05) is 47.3 Å². The molecule has 1 aliphatic carbocycles. The molecule has 1 unspecified atom stereocenters. The highest BCUT2D eigenvalue weighted by atomic mass is 127. The van der Waals surface area contributed by atoms with Crippen LogP contribution in [0, 0.1) is 11.8 Å². The maximum atomic E-state index is 4.43. The van der Waals surface area contributed by atoms with E-state index in [-0.39, 0.29) is 24.0 Å². The molecule has 2 fully saturated rings. The average Bonchev–Trinajstić information content (AvgIpc) is 2.54. The van der Waals surface area contributed by atoms with E-state index in [0.29, 0.717) is 12.1 Å². The van der Waals surface area contributed by atoms with Crippen molar-refractivity contribution in [1.82, 2.24) is 20.4 Å². The number of aliphatic imine (C=N–C) groups is 1. The highest BCUT2D eigenvalue weighted by Gasteiger charge is 2.25. The van der Waals surface area contributed by atoms with Gasteiger partial charge in [-0.3, -0.25) is 9.89 Å². The fourth-order valence-electron chi connectivity index (χ4n) is 3.85. The third-order valence-electron chi connectivity index (χ3n) is 5.76. The van der Waals surface area contributed by atoms with Gasteiger partial charge in [-0.15, -0.1) is 24.0 Å². The second-order valence-electron chi connectivity index (χ2n) is 7.85. The van der Waals surface area contributed by atoms with Crippen molar-refractivity contribution >= 4 is 29.9 Å². The zero-order chi connectivity index (χ0) is 16.8. The number of rotatable bonds is 4. The molecule has 0 amide bonds. The largest absolute Gasteiger partial charge is 0.355 e. The van der Waals surface area contributed by atoms with Crippen molar-refractivity contribution in [3.8, 4) is 0 Å². The van der Waals surface area contributed by atoms with Gasteiger partial charge in [0.15, 0.2) is 5.96 Å². The number of likely N-dealkylation sites (N-methyl/N-ethyl adjacent to an activating group) is 2. The van der Waals surface area contributed by atoms with Crippen LogP contribution in [-0.4, -0.2) is 75.2 Å². The summed E-state index contributed by atoms with van der Waals surface area (Å²) in [4.78, 5) is 9.29. The van der Waals surface area contributed by atoms with Crippen LogP contribution in [0.25, 0.3) is 0 Å². The molecule has 2 rings (SSSR count). The van der Waals surface area contributed by atoms with E-state index in [2.05, 4.69) is 53.4 Å². The molecule has 142 valence electrons. The van der Waals surface area contributed by atoms with Crippen molar-refractivity contribution in [2.45, 2.75) is 51.6 Å². The lowest BCUT2D eigenvalue weighted by Gasteiger charge is -2.38. The molecule has 0 aromatic rings. The molecule has 1 atom stereocenters. The van der Waals surface area contributed by atoms with E-state index >= 15 is 0 Å². The number of nitrogens with zero attached hydrogens (tertiary/aromatic N) is 3. The first-order valence-corrected chi connectivity index (χ1v) is 9.35. The number of nitrogens with one attached hydrogen (secondary N) is 2. The number of hydrogen-bond donors (Lipinski definition) is 2. The summed E-state index contributed by atoms with van der Waals surface area (Å²) in [5.41, 5.74) is 0. The maximum Gasteiger partial charge on any atom is 0.191 e. The number of guanidine groups is 1. The summed E-state index contributed by atoms with van der Waals surface area (Å²) in [5.74, 6) is 2.71. The summed E-state index contributed by atoms with van der Waals surface area (Å²) in [6.45, 7) is 9.11. The summed E-state index contributed by atoms with van der Waals surface area (Å²) < 4.78 is 0. The topological polar surface area (TPSA) is 42.9 Å². The predicted octanol–water partition coefficient (Wildman–Crippen LogP) is 2.23. The lowest BCUT2D eigenvalue weighted by Crippen LogP contribution is -2.56. The summed E-state index contributed by atoms with van der Waals surface area (Å²) >= 11 is 0. The van der Waals surface area contributed by atoms with E-state index in [4.69, 9.17) is 0 Å². The van der Waals surface area contributed by atoms with E-state index in [9.17, 15) is 0 Å². The van der Waals surface area contributed by atoms with Gasteiger partial charge in [0.25, 0.3) is 0 Å². The molecule has 2 aliphatic rings. The third-order valence-corrected chi connectivity index (χ3v) is 5.76. The molecule has 1 saturated heterocycles. The third kappa shape index (κ3) is 6.67. The van der Waals surface area contributed by atoms with Gasteiger partial charge in [-0.2, -0.15) is 0 Å².